The molecule has 6 fully saturated rings. The molecule has 5 nitrogen and oxygen atoms in total. The van der Waals surface area contributed by atoms with Crippen LogP contribution in [0.15, 0.2) is 208 Å². The third-order valence-electron chi connectivity index (χ3n) is 17.3. The summed E-state index contributed by atoms with van der Waals surface area (Å²) in [6.07, 6.45) is 13.3. The standard InChI is InChI=1S/C64H61N5S/c1-2-48-33-43-28-29-50(34-43)67(48)51-30-31-62-59(41-51)58-26-12-13-27-61(58)69(62)63-42-60(46-16-14-18-49(39-46)68-52-35-44-32-45(37-52)38-53(68)36-44)65-64(66-63)47-17-15-25-57(40-47)70(54-19-6-3-7-20-54,55-21-8-4-9-22-55)56-23-10-5-11-24-56/h3-27,30-31,39-45,48,50,52-53H,2,28-29,32-38H2,1H3. The summed E-state index contributed by atoms with van der Waals surface area (Å²) in [6, 6.07) is 73.0. The molecule has 3 aliphatic carbocycles. The average molecular weight is 932 g/mol. The van der Waals surface area contributed by atoms with E-state index in [0.717, 1.165) is 46.2 Å². The molecular weight excluding hydrogens is 871 g/mol. The van der Waals surface area contributed by atoms with Crippen molar-refractivity contribution in [1.29, 1.82) is 0 Å². The Kier molecular flexibility index (Phi) is 10.3. The second-order valence-electron chi connectivity index (χ2n) is 21.3. The van der Waals surface area contributed by atoms with Crippen molar-refractivity contribution >= 4 is 43.2 Å². The minimum atomic E-state index is -1.93. The topological polar surface area (TPSA) is 37.2 Å². The second kappa shape index (κ2) is 17.1. The molecular formula is C64H61N5S. The number of hydrogen-bond acceptors (Lipinski definition) is 4. The summed E-state index contributed by atoms with van der Waals surface area (Å²) in [6.45, 7) is 2.38. The molecule has 3 saturated carbocycles. The Morgan fingerprint density at radius 3 is 1.74 bits per heavy atom. The molecule has 6 aliphatic rings. The number of piperidine rings is 3. The van der Waals surface area contributed by atoms with E-state index in [0.29, 0.717) is 24.2 Å². The van der Waals surface area contributed by atoms with Crippen molar-refractivity contribution in [2.24, 2.45) is 17.8 Å². The lowest BCUT2D eigenvalue weighted by molar-refractivity contribution is 0.0900. The van der Waals surface area contributed by atoms with E-state index in [1.165, 1.54) is 117 Å². The fourth-order valence-corrected chi connectivity index (χ4v) is 18.5. The maximum atomic E-state index is 5.69. The van der Waals surface area contributed by atoms with Gasteiger partial charge in [-0.3, -0.25) is 4.57 Å². The minimum absolute atomic E-state index is 0.594. The SMILES string of the molecule is CCC1CC2CCC(C2)N1c1ccc2c(c1)c1ccccc1n2-c1cc(-c2cccc(N3C4CC5CC(C4)CC3C5)c2)nc(-c2cccc(S(c3ccccc3)(c3ccccc3)c3ccccc3)c2)n1. The first kappa shape index (κ1) is 42.3. The van der Waals surface area contributed by atoms with Crippen LogP contribution in [0.4, 0.5) is 11.4 Å². The highest BCUT2D eigenvalue weighted by Gasteiger charge is 2.47. The van der Waals surface area contributed by atoms with Crippen LogP contribution in [0.5, 0.6) is 0 Å². The van der Waals surface area contributed by atoms with Gasteiger partial charge in [0.15, 0.2) is 5.82 Å². The first-order valence-corrected chi connectivity index (χ1v) is 27.9. The van der Waals surface area contributed by atoms with Gasteiger partial charge in [-0.05, 0) is 167 Å². The summed E-state index contributed by atoms with van der Waals surface area (Å²) < 4.78 is 2.42. The predicted molar refractivity (Wildman–Crippen MR) is 290 cm³/mol. The fourth-order valence-electron chi connectivity index (χ4n) is 14.6. The van der Waals surface area contributed by atoms with Crippen molar-refractivity contribution in [3.8, 4) is 28.5 Å². The van der Waals surface area contributed by atoms with Crippen LogP contribution in [-0.2, 0) is 0 Å². The molecule has 6 heteroatoms. The molecule has 3 aliphatic heterocycles. The highest BCUT2D eigenvalue weighted by Crippen LogP contribution is 2.73. The zero-order chi connectivity index (χ0) is 46.3. The number of fused-ring (bicyclic) bond motifs is 5. The summed E-state index contributed by atoms with van der Waals surface area (Å²) in [7, 11) is -1.93. The summed E-state index contributed by atoms with van der Waals surface area (Å²) in [5.41, 5.74) is 8.15. The number of benzene rings is 7. The molecule has 3 unspecified atom stereocenters. The third kappa shape index (κ3) is 6.87. The number of anilines is 2. The van der Waals surface area contributed by atoms with Crippen LogP contribution in [0.2, 0.25) is 0 Å². The van der Waals surface area contributed by atoms with Crippen molar-refractivity contribution in [3.05, 3.63) is 188 Å². The minimum Gasteiger partial charge on any atom is -0.366 e. The predicted octanol–water partition coefficient (Wildman–Crippen LogP) is 16.2. The van der Waals surface area contributed by atoms with E-state index in [4.69, 9.17) is 9.97 Å². The van der Waals surface area contributed by atoms with E-state index >= 15 is 0 Å². The molecule has 0 amide bonds. The Hall–Kier alpha value is -6.63. The summed E-state index contributed by atoms with van der Waals surface area (Å²) in [4.78, 5) is 22.1. The Bertz CT molecular complexity index is 3260. The van der Waals surface area contributed by atoms with Crippen molar-refractivity contribution in [3.63, 3.8) is 0 Å². The summed E-state index contributed by atoms with van der Waals surface area (Å²) >= 11 is 0. The van der Waals surface area contributed by atoms with E-state index < -0.39 is 10.0 Å². The molecule has 7 aromatic carbocycles. The first-order chi connectivity index (χ1) is 34.6. The van der Waals surface area contributed by atoms with Crippen LogP contribution < -0.4 is 9.80 Å². The van der Waals surface area contributed by atoms with E-state index in [2.05, 4.69) is 209 Å². The van der Waals surface area contributed by atoms with Gasteiger partial charge in [0.2, 0.25) is 0 Å². The number of nitrogens with zero attached hydrogens (tertiary/aromatic N) is 5. The van der Waals surface area contributed by atoms with Crippen LogP contribution in [0.25, 0.3) is 50.3 Å². The van der Waals surface area contributed by atoms with Crippen LogP contribution in [-0.4, -0.2) is 38.7 Å². The lowest BCUT2D eigenvalue weighted by atomic mass is 9.63. The number of hydrogen-bond donors (Lipinski definition) is 0. The highest BCUT2D eigenvalue weighted by molar-refractivity contribution is 8.34. The Labute approximate surface area is 414 Å². The third-order valence-corrected chi connectivity index (χ3v) is 21.2. The number of aromatic nitrogens is 3. The van der Waals surface area contributed by atoms with Gasteiger partial charge in [0.25, 0.3) is 0 Å². The largest absolute Gasteiger partial charge is 0.366 e. The molecule has 5 heterocycles. The molecule has 9 aromatic rings. The number of rotatable bonds is 10. The zero-order valence-corrected chi connectivity index (χ0v) is 41.0. The molecule has 3 atom stereocenters. The lowest BCUT2D eigenvalue weighted by Gasteiger charge is -2.57. The quantitative estimate of drug-likeness (QED) is 0.137. The molecule has 6 bridgehead atoms. The number of para-hydroxylation sites is 1. The van der Waals surface area contributed by atoms with Gasteiger partial charge in [0.1, 0.15) is 5.82 Å². The molecule has 2 aromatic heterocycles. The normalized spacial score (nSPS) is 23.9. The average Bonchev–Trinajstić information content (AvgIpc) is 3.96. The van der Waals surface area contributed by atoms with Crippen LogP contribution in [0, 0.1) is 17.8 Å². The van der Waals surface area contributed by atoms with E-state index in [1.807, 2.05) is 0 Å². The molecule has 15 rings (SSSR count). The van der Waals surface area contributed by atoms with Crippen LogP contribution >= 0.6 is 10.0 Å². The van der Waals surface area contributed by atoms with Crippen molar-refractivity contribution in [1.82, 2.24) is 14.5 Å². The van der Waals surface area contributed by atoms with E-state index in [9.17, 15) is 0 Å². The van der Waals surface area contributed by atoms with Gasteiger partial charge >= 0.3 is 0 Å². The smallest absolute Gasteiger partial charge is 0.162 e. The lowest BCUT2D eigenvalue weighted by Crippen LogP contribution is -2.58. The molecule has 348 valence electrons. The molecule has 0 radical (unpaired) electrons. The summed E-state index contributed by atoms with van der Waals surface area (Å²) in [5.74, 6) is 4.31. The maximum absolute atomic E-state index is 5.69. The van der Waals surface area contributed by atoms with Gasteiger partial charge in [0, 0.05) is 83.1 Å². The van der Waals surface area contributed by atoms with Crippen LogP contribution in [0.3, 0.4) is 0 Å². The van der Waals surface area contributed by atoms with E-state index in [1.54, 1.807) is 0 Å². The van der Waals surface area contributed by atoms with Gasteiger partial charge in [0.05, 0.1) is 16.7 Å². The second-order valence-corrected chi connectivity index (χ2v) is 24.4. The zero-order valence-electron chi connectivity index (χ0n) is 40.2. The molecule has 0 N–H and O–H groups in total. The van der Waals surface area contributed by atoms with Crippen molar-refractivity contribution in [2.75, 3.05) is 9.80 Å². The van der Waals surface area contributed by atoms with Gasteiger partial charge in [-0.1, -0.05) is 104 Å². The summed E-state index contributed by atoms with van der Waals surface area (Å²) in [5, 5.41) is 2.54. The van der Waals surface area contributed by atoms with Crippen LogP contribution in [0.1, 0.15) is 71.1 Å². The van der Waals surface area contributed by atoms with E-state index in [-0.39, 0.29) is 0 Å². The molecule has 0 spiro atoms. The highest BCUT2D eigenvalue weighted by atomic mass is 32.3. The molecule has 3 saturated heterocycles. The fraction of sp³-hybridized carbons (Fsp3) is 0.281. The molecule has 70 heavy (non-hydrogen) atoms. The van der Waals surface area contributed by atoms with Gasteiger partial charge in [-0.25, -0.2) is 9.97 Å². The van der Waals surface area contributed by atoms with Gasteiger partial charge < -0.3 is 9.80 Å². The van der Waals surface area contributed by atoms with Crippen molar-refractivity contribution < 1.29 is 0 Å². The Morgan fingerprint density at radius 2 is 1.04 bits per heavy atom. The van der Waals surface area contributed by atoms with Crippen molar-refractivity contribution in [2.45, 2.75) is 115 Å². The van der Waals surface area contributed by atoms with Gasteiger partial charge in [-0.15, -0.1) is 10.0 Å². The Morgan fingerprint density at radius 1 is 0.443 bits per heavy atom. The first-order valence-electron chi connectivity index (χ1n) is 26.3. The Balaban J connectivity index is 0.968. The monoisotopic (exact) mass is 931 g/mol. The van der Waals surface area contributed by atoms with Gasteiger partial charge in [-0.2, -0.15) is 0 Å². The maximum Gasteiger partial charge on any atom is 0.162 e.